The Kier molecular flexibility index (Phi) is 4.55. The van der Waals surface area contributed by atoms with Crippen molar-refractivity contribution < 1.29 is 4.74 Å². The molecule has 152 valence electrons. The van der Waals surface area contributed by atoms with Crippen molar-refractivity contribution in [2.75, 3.05) is 7.11 Å². The second-order valence-corrected chi connectivity index (χ2v) is 8.17. The number of ether oxygens (including phenoxy) is 1. The molecule has 2 N–H and O–H groups in total. The molecule has 2 aliphatic heterocycles. The van der Waals surface area contributed by atoms with Gasteiger partial charge in [-0.2, -0.15) is 5.10 Å². The first kappa shape index (κ1) is 18.8. The van der Waals surface area contributed by atoms with E-state index in [4.69, 9.17) is 20.6 Å². The van der Waals surface area contributed by atoms with Crippen molar-refractivity contribution in [1.29, 1.82) is 0 Å². The smallest absolute Gasteiger partial charge is 0.188 e. The maximum absolute atomic E-state index is 6.52. The molecule has 0 amide bonds. The number of allylic oxidation sites excluding steroid dienone is 2. The molecule has 3 aliphatic rings. The van der Waals surface area contributed by atoms with Gasteiger partial charge in [0.05, 0.1) is 12.8 Å². The first-order chi connectivity index (χ1) is 14.6. The minimum absolute atomic E-state index is 0.0589. The minimum atomic E-state index is -0.161. The highest BCUT2D eigenvalue weighted by atomic mass is 16.5. The van der Waals surface area contributed by atoms with Crippen LogP contribution in [0, 0.1) is 0 Å². The maximum Gasteiger partial charge on any atom is 0.188 e. The molecule has 2 aromatic rings. The summed E-state index contributed by atoms with van der Waals surface area (Å²) in [6.07, 6.45) is 6.93. The molecule has 0 radical (unpaired) electrons. The zero-order chi connectivity index (χ0) is 20.7. The molecule has 5 nitrogen and oxygen atoms in total. The Balaban J connectivity index is 1.57. The largest absolute Gasteiger partial charge is 0.493 e. The number of methoxy groups -OCH3 is 1. The van der Waals surface area contributed by atoms with E-state index in [0.717, 1.165) is 35.5 Å². The summed E-state index contributed by atoms with van der Waals surface area (Å²) in [6, 6.07) is 18.9. The van der Waals surface area contributed by atoms with E-state index in [1.165, 1.54) is 12.0 Å². The van der Waals surface area contributed by atoms with Crippen molar-refractivity contribution in [3.8, 4) is 0 Å². The summed E-state index contributed by atoms with van der Waals surface area (Å²) >= 11 is 0. The van der Waals surface area contributed by atoms with Crippen molar-refractivity contribution in [3.05, 3.63) is 95.8 Å². The molecule has 0 saturated heterocycles. The van der Waals surface area contributed by atoms with E-state index in [-0.39, 0.29) is 17.6 Å². The van der Waals surface area contributed by atoms with Gasteiger partial charge in [0, 0.05) is 11.6 Å². The third-order valence-electron chi connectivity index (χ3n) is 6.41. The average molecular weight is 399 g/mol. The predicted molar refractivity (Wildman–Crippen MR) is 120 cm³/mol. The molecule has 1 aliphatic carbocycles. The highest BCUT2D eigenvalue weighted by Gasteiger charge is 2.42. The molecule has 0 bridgehead atoms. The monoisotopic (exact) mass is 398 g/mol. The fraction of sp³-hybridized carbons (Fsp3) is 0.280. The van der Waals surface area contributed by atoms with Gasteiger partial charge in [0.25, 0.3) is 0 Å². The molecule has 0 spiro atoms. The summed E-state index contributed by atoms with van der Waals surface area (Å²) in [7, 11) is 1.66. The van der Waals surface area contributed by atoms with Gasteiger partial charge < -0.3 is 10.5 Å². The highest BCUT2D eigenvalue weighted by molar-refractivity contribution is 6.13. The summed E-state index contributed by atoms with van der Waals surface area (Å²) < 4.78 is 5.64. The molecule has 1 saturated carbocycles. The fourth-order valence-corrected chi connectivity index (χ4v) is 4.50. The molecule has 5 rings (SSSR count). The number of hydrogen-bond acceptors (Lipinski definition) is 5. The highest BCUT2D eigenvalue weighted by Crippen LogP contribution is 2.45. The second kappa shape index (κ2) is 7.26. The van der Waals surface area contributed by atoms with Crippen LogP contribution in [0.1, 0.15) is 48.0 Å². The van der Waals surface area contributed by atoms with Crippen molar-refractivity contribution in [1.82, 2.24) is 5.01 Å². The van der Waals surface area contributed by atoms with Crippen LogP contribution < -0.4 is 5.73 Å². The third-order valence-corrected chi connectivity index (χ3v) is 6.41. The Morgan fingerprint density at radius 3 is 2.43 bits per heavy atom. The molecular formula is C25H26N4O. The van der Waals surface area contributed by atoms with Gasteiger partial charge in [-0.05, 0) is 42.0 Å². The summed E-state index contributed by atoms with van der Waals surface area (Å²) in [5, 5.41) is 6.77. The average Bonchev–Trinajstić information content (AvgIpc) is 3.17. The minimum Gasteiger partial charge on any atom is -0.493 e. The third kappa shape index (κ3) is 2.97. The number of nitrogens with two attached hydrogens (primary N) is 1. The van der Waals surface area contributed by atoms with E-state index in [2.05, 4.69) is 55.1 Å². The van der Waals surface area contributed by atoms with Gasteiger partial charge in [0.15, 0.2) is 11.6 Å². The van der Waals surface area contributed by atoms with E-state index in [1.807, 2.05) is 17.2 Å². The lowest BCUT2D eigenvalue weighted by Gasteiger charge is -2.38. The zero-order valence-electron chi connectivity index (χ0n) is 17.2. The van der Waals surface area contributed by atoms with Crippen LogP contribution in [0.4, 0.5) is 0 Å². The summed E-state index contributed by atoms with van der Waals surface area (Å²) in [5.41, 5.74) is 10.6. The van der Waals surface area contributed by atoms with Crippen LogP contribution in [-0.2, 0) is 10.3 Å². The first-order valence-corrected chi connectivity index (χ1v) is 10.4. The maximum atomic E-state index is 6.52. The summed E-state index contributed by atoms with van der Waals surface area (Å²) in [6.45, 7) is 3.88. The number of nitrogens with zero attached hydrogens (tertiary/aromatic N) is 3. The van der Waals surface area contributed by atoms with Crippen LogP contribution in [0.25, 0.3) is 0 Å². The summed E-state index contributed by atoms with van der Waals surface area (Å²) in [5.74, 6) is 1.45. The van der Waals surface area contributed by atoms with Crippen molar-refractivity contribution in [2.24, 2.45) is 15.8 Å². The lowest BCUT2D eigenvalue weighted by atomic mass is 9.72. The molecule has 30 heavy (non-hydrogen) atoms. The van der Waals surface area contributed by atoms with Crippen molar-refractivity contribution >= 4 is 11.5 Å². The quantitative estimate of drug-likeness (QED) is 0.800. The number of rotatable bonds is 5. The molecule has 5 heteroatoms. The van der Waals surface area contributed by atoms with Gasteiger partial charge >= 0.3 is 0 Å². The molecule has 2 unspecified atom stereocenters. The molecule has 0 aromatic heterocycles. The first-order valence-electron chi connectivity index (χ1n) is 10.4. The van der Waals surface area contributed by atoms with Gasteiger partial charge in [-0.1, -0.05) is 61.2 Å². The van der Waals surface area contributed by atoms with Crippen molar-refractivity contribution in [3.63, 3.8) is 0 Å². The fourth-order valence-electron chi connectivity index (χ4n) is 4.50. The molecule has 2 aromatic carbocycles. The van der Waals surface area contributed by atoms with Gasteiger partial charge in [0.2, 0.25) is 0 Å². The Bertz CT molecular complexity index is 1050. The lowest BCUT2D eigenvalue weighted by Crippen LogP contribution is -2.43. The Morgan fingerprint density at radius 2 is 1.83 bits per heavy atom. The van der Waals surface area contributed by atoms with E-state index in [9.17, 15) is 0 Å². The van der Waals surface area contributed by atoms with E-state index in [1.54, 1.807) is 13.2 Å². The normalized spacial score (nSPS) is 24.2. The van der Waals surface area contributed by atoms with Gasteiger partial charge in [-0.15, -0.1) is 0 Å². The number of aliphatic imine (C=N–C) groups is 1. The molecule has 1 fully saturated rings. The molecule has 2 atom stereocenters. The van der Waals surface area contributed by atoms with E-state index in [0.29, 0.717) is 5.76 Å². The van der Waals surface area contributed by atoms with Crippen LogP contribution in [0.2, 0.25) is 0 Å². The van der Waals surface area contributed by atoms with Crippen LogP contribution in [-0.4, -0.2) is 23.7 Å². The Labute approximate surface area is 177 Å². The van der Waals surface area contributed by atoms with Crippen LogP contribution in [0.15, 0.2) is 89.2 Å². The predicted octanol–water partition coefficient (Wildman–Crippen LogP) is 4.61. The number of amidine groups is 1. The Hall–Kier alpha value is -3.18. The Morgan fingerprint density at radius 1 is 1.10 bits per heavy atom. The van der Waals surface area contributed by atoms with Crippen LogP contribution >= 0.6 is 0 Å². The number of hydrogen-bond donors (Lipinski definition) is 1. The van der Waals surface area contributed by atoms with Gasteiger partial charge in [-0.25, -0.2) is 5.01 Å². The zero-order valence-corrected chi connectivity index (χ0v) is 17.2. The van der Waals surface area contributed by atoms with Gasteiger partial charge in [0.1, 0.15) is 12.1 Å². The SMILES string of the molecule is C=CC1=NN2C(=NC(c3ccc(C4(N)CCC4)cc3)C2c2ccccc2)C(OC)=C1. The standard InChI is InChI=1S/C25H26N4O/c1-3-20-16-21(30-2)24-27-22(23(29(24)28-20)18-8-5-4-6-9-18)17-10-12-19(13-11-17)25(26)14-7-15-25/h3-6,8-13,16,22-23H,1,7,14-15,26H2,2H3. The number of benzene rings is 2. The lowest BCUT2D eigenvalue weighted by molar-refractivity contribution is 0.253. The summed E-state index contributed by atoms with van der Waals surface area (Å²) in [4.78, 5) is 5.06. The number of hydrazone groups is 1. The molecular weight excluding hydrogens is 372 g/mol. The molecule has 2 heterocycles. The number of fused-ring (bicyclic) bond motifs is 1. The van der Waals surface area contributed by atoms with Crippen molar-refractivity contribution in [2.45, 2.75) is 36.9 Å². The van der Waals surface area contributed by atoms with Gasteiger partial charge in [-0.3, -0.25) is 4.99 Å². The topological polar surface area (TPSA) is 63.2 Å². The van der Waals surface area contributed by atoms with Crippen LogP contribution in [0.3, 0.4) is 0 Å². The second-order valence-electron chi connectivity index (χ2n) is 8.17. The van der Waals surface area contributed by atoms with Crippen LogP contribution in [0.5, 0.6) is 0 Å². The van der Waals surface area contributed by atoms with E-state index >= 15 is 0 Å². The van der Waals surface area contributed by atoms with E-state index < -0.39 is 0 Å².